The van der Waals surface area contributed by atoms with Crippen LogP contribution < -0.4 is 5.32 Å². The van der Waals surface area contributed by atoms with Crippen LogP contribution in [0.25, 0.3) is 0 Å². The molecule has 19 heavy (non-hydrogen) atoms. The Bertz CT molecular complexity index is 502. The van der Waals surface area contributed by atoms with Crippen molar-refractivity contribution in [1.29, 1.82) is 0 Å². The third-order valence-corrected chi connectivity index (χ3v) is 4.61. The number of pyridine rings is 1. The first-order chi connectivity index (χ1) is 8.99. The first-order valence-electron chi connectivity index (χ1n) is 5.92. The number of carbonyl (C=O) groups is 1. The highest BCUT2D eigenvalue weighted by Gasteiger charge is 2.35. The number of aromatic nitrogens is 1. The normalized spacial score (nSPS) is 17.5. The molecule has 1 saturated carbocycles. The second-order valence-corrected chi connectivity index (χ2v) is 5.85. The highest BCUT2D eigenvalue weighted by molar-refractivity contribution is 6.48. The molecule has 0 bridgehead atoms. The van der Waals surface area contributed by atoms with Gasteiger partial charge in [0.1, 0.15) is 5.69 Å². The third-order valence-electron chi connectivity index (χ3n) is 3.37. The number of hydrogen-bond donors (Lipinski definition) is 2. The number of rotatable bonds is 3. The van der Waals surface area contributed by atoms with Crippen LogP contribution in [0.1, 0.15) is 36.2 Å². The minimum Gasteiger partial charge on any atom is -0.394 e. The second kappa shape index (κ2) is 5.83. The summed E-state index contributed by atoms with van der Waals surface area (Å²) in [6.45, 7) is -0.0995. The molecule has 7 heteroatoms. The van der Waals surface area contributed by atoms with E-state index in [4.69, 9.17) is 34.8 Å². The quantitative estimate of drug-likeness (QED) is 0.898. The second-order valence-electron chi connectivity index (χ2n) is 4.68. The molecule has 2 N–H and O–H groups in total. The fraction of sp³-hybridized carbons (Fsp3) is 0.500. The zero-order valence-corrected chi connectivity index (χ0v) is 12.3. The van der Waals surface area contributed by atoms with Crippen LogP contribution in [0.4, 0.5) is 0 Å². The van der Waals surface area contributed by atoms with Crippen LogP contribution in [0.5, 0.6) is 0 Å². The number of aliphatic hydroxyl groups excluding tert-OH is 1. The number of amides is 1. The summed E-state index contributed by atoms with van der Waals surface area (Å²) < 4.78 is 0. The Morgan fingerprint density at radius 3 is 2.53 bits per heavy atom. The van der Waals surface area contributed by atoms with Gasteiger partial charge in [0.2, 0.25) is 0 Å². The first-order valence-corrected chi connectivity index (χ1v) is 7.05. The lowest BCUT2D eigenvalue weighted by Crippen LogP contribution is -2.49. The molecule has 1 aromatic heterocycles. The number of aliphatic hydroxyl groups is 1. The monoisotopic (exact) mass is 322 g/mol. The molecule has 1 fully saturated rings. The lowest BCUT2D eigenvalue weighted by Gasteiger charge is -2.27. The summed E-state index contributed by atoms with van der Waals surface area (Å²) in [6, 6.07) is 0. The largest absolute Gasteiger partial charge is 0.394 e. The molecule has 1 aliphatic carbocycles. The van der Waals surface area contributed by atoms with Gasteiger partial charge in [-0.15, -0.1) is 0 Å². The average Bonchev–Trinajstić information content (AvgIpc) is 2.85. The van der Waals surface area contributed by atoms with Gasteiger partial charge in [0.05, 0.1) is 27.2 Å². The highest BCUT2D eigenvalue weighted by atomic mass is 35.5. The Hall–Kier alpha value is -0.550. The summed E-state index contributed by atoms with van der Waals surface area (Å²) in [5.74, 6) is -0.445. The molecule has 4 nitrogen and oxygen atoms in total. The van der Waals surface area contributed by atoms with Crippen LogP contribution >= 0.6 is 34.8 Å². The van der Waals surface area contributed by atoms with E-state index in [1.165, 1.54) is 6.20 Å². The maximum atomic E-state index is 12.2. The molecule has 0 aliphatic heterocycles. The van der Waals surface area contributed by atoms with Crippen molar-refractivity contribution in [3.8, 4) is 0 Å². The molecule has 0 saturated heterocycles. The fourth-order valence-electron chi connectivity index (χ4n) is 2.28. The van der Waals surface area contributed by atoms with Gasteiger partial charge in [-0.1, -0.05) is 47.6 Å². The molecule has 0 radical (unpaired) electrons. The molecule has 0 aromatic carbocycles. The van der Waals surface area contributed by atoms with Crippen LogP contribution in [0.2, 0.25) is 15.1 Å². The van der Waals surface area contributed by atoms with Gasteiger partial charge in [-0.05, 0) is 12.8 Å². The summed E-state index contributed by atoms with van der Waals surface area (Å²) in [4.78, 5) is 16.1. The van der Waals surface area contributed by atoms with Crippen LogP contribution in [0.15, 0.2) is 6.20 Å². The SMILES string of the molecule is O=C(NC1(CO)CCCC1)c1ncc(Cl)c(Cl)c1Cl. The van der Waals surface area contributed by atoms with Crippen LogP contribution in [-0.4, -0.2) is 28.1 Å². The van der Waals surface area contributed by atoms with Crippen molar-refractivity contribution >= 4 is 40.7 Å². The van der Waals surface area contributed by atoms with Crippen LogP contribution in [-0.2, 0) is 0 Å². The zero-order valence-electron chi connectivity index (χ0n) is 10.0. The van der Waals surface area contributed by atoms with E-state index < -0.39 is 11.4 Å². The van der Waals surface area contributed by atoms with Crippen molar-refractivity contribution in [2.45, 2.75) is 31.2 Å². The molecule has 0 spiro atoms. The summed E-state index contributed by atoms with van der Waals surface area (Å²) >= 11 is 17.6. The third kappa shape index (κ3) is 2.97. The van der Waals surface area contributed by atoms with E-state index in [9.17, 15) is 9.90 Å². The highest BCUT2D eigenvalue weighted by Crippen LogP contribution is 2.33. The smallest absolute Gasteiger partial charge is 0.271 e. The van der Waals surface area contributed by atoms with E-state index in [0.29, 0.717) is 0 Å². The standard InChI is InChI=1S/C12H13Cl3N2O2/c13-7-5-16-10(9(15)8(7)14)11(19)17-12(6-18)3-1-2-4-12/h5,18H,1-4,6H2,(H,17,19). The molecule has 1 aromatic rings. The van der Waals surface area contributed by atoms with Crippen LogP contribution in [0.3, 0.4) is 0 Å². The molecule has 104 valence electrons. The van der Waals surface area contributed by atoms with E-state index >= 15 is 0 Å². The number of nitrogens with one attached hydrogen (secondary N) is 1. The Balaban J connectivity index is 2.23. The maximum absolute atomic E-state index is 12.2. The Kier molecular flexibility index (Phi) is 4.56. The number of carbonyl (C=O) groups excluding carboxylic acids is 1. The van der Waals surface area contributed by atoms with Gasteiger partial charge in [-0.25, -0.2) is 4.98 Å². The number of hydrogen-bond acceptors (Lipinski definition) is 3. The van der Waals surface area contributed by atoms with Crippen molar-refractivity contribution in [3.05, 3.63) is 27.0 Å². The lowest BCUT2D eigenvalue weighted by molar-refractivity contribution is 0.0833. The van der Waals surface area contributed by atoms with Gasteiger partial charge in [0.15, 0.2) is 0 Å². The summed E-state index contributed by atoms with van der Waals surface area (Å²) in [5.41, 5.74) is -0.551. The summed E-state index contributed by atoms with van der Waals surface area (Å²) in [7, 11) is 0. The van der Waals surface area contributed by atoms with Crippen molar-refractivity contribution < 1.29 is 9.90 Å². The van der Waals surface area contributed by atoms with Gasteiger partial charge >= 0.3 is 0 Å². The van der Waals surface area contributed by atoms with E-state index in [1.807, 2.05) is 0 Å². The lowest BCUT2D eigenvalue weighted by atomic mass is 9.98. The van der Waals surface area contributed by atoms with Gasteiger partial charge < -0.3 is 10.4 Å². The fourth-order valence-corrected chi connectivity index (χ4v) is 2.84. The van der Waals surface area contributed by atoms with E-state index in [-0.39, 0.29) is 27.4 Å². The van der Waals surface area contributed by atoms with E-state index in [0.717, 1.165) is 25.7 Å². The Morgan fingerprint density at radius 2 is 1.95 bits per heavy atom. The predicted molar refractivity (Wildman–Crippen MR) is 75.0 cm³/mol. The minimum atomic E-state index is -0.575. The molecule has 1 heterocycles. The Morgan fingerprint density at radius 1 is 1.32 bits per heavy atom. The predicted octanol–water partition coefficient (Wildman–Crippen LogP) is 3.08. The molecule has 2 rings (SSSR count). The van der Waals surface area contributed by atoms with Crippen molar-refractivity contribution in [2.24, 2.45) is 0 Å². The first kappa shape index (κ1) is 14.9. The molecule has 0 unspecified atom stereocenters. The van der Waals surface area contributed by atoms with E-state index in [2.05, 4.69) is 10.3 Å². The van der Waals surface area contributed by atoms with Gasteiger partial charge in [-0.2, -0.15) is 0 Å². The summed E-state index contributed by atoms with van der Waals surface area (Å²) in [5, 5.41) is 12.6. The Labute approximate surface area is 126 Å². The average molecular weight is 324 g/mol. The van der Waals surface area contributed by atoms with Gasteiger partial charge in [0, 0.05) is 6.20 Å². The van der Waals surface area contributed by atoms with Crippen molar-refractivity contribution in [2.75, 3.05) is 6.61 Å². The van der Waals surface area contributed by atoms with Gasteiger partial charge in [-0.3, -0.25) is 4.79 Å². The van der Waals surface area contributed by atoms with Crippen molar-refractivity contribution in [3.63, 3.8) is 0 Å². The molecular formula is C12H13Cl3N2O2. The minimum absolute atomic E-state index is 0.0239. The topological polar surface area (TPSA) is 62.2 Å². The zero-order chi connectivity index (χ0) is 14.0. The molecular weight excluding hydrogens is 311 g/mol. The summed E-state index contributed by atoms with van der Waals surface area (Å²) in [6.07, 6.45) is 4.72. The van der Waals surface area contributed by atoms with E-state index in [1.54, 1.807) is 0 Å². The maximum Gasteiger partial charge on any atom is 0.271 e. The molecule has 0 atom stereocenters. The molecule has 1 amide bonds. The van der Waals surface area contributed by atoms with Crippen molar-refractivity contribution in [1.82, 2.24) is 10.3 Å². The molecule has 1 aliphatic rings. The van der Waals surface area contributed by atoms with Gasteiger partial charge in [0.25, 0.3) is 5.91 Å². The number of halogens is 3. The number of nitrogens with zero attached hydrogens (tertiary/aromatic N) is 1. The van der Waals surface area contributed by atoms with Crippen LogP contribution in [0, 0.1) is 0 Å².